The predicted octanol–water partition coefficient (Wildman–Crippen LogP) is 3.94. The number of carbonyl (C=O) groups is 1. The summed E-state index contributed by atoms with van der Waals surface area (Å²) in [6.45, 7) is 6.24. The molecule has 0 aliphatic rings. The predicted molar refractivity (Wildman–Crippen MR) is 73.4 cm³/mol. The van der Waals surface area contributed by atoms with Crippen LogP contribution in [-0.2, 0) is 17.6 Å². The quantitative estimate of drug-likeness (QED) is 0.792. The van der Waals surface area contributed by atoms with E-state index in [1.165, 1.54) is 11.1 Å². The molecule has 0 radical (unpaired) electrons. The first-order valence-electron chi connectivity index (χ1n) is 6.63. The Hall–Kier alpha value is -1.31. The number of nitrogens with one attached hydrogen (secondary N) is 1. The third-order valence-corrected chi connectivity index (χ3v) is 2.89. The highest BCUT2D eigenvalue weighted by Crippen LogP contribution is 2.23. The third kappa shape index (κ3) is 3.88. The Morgan fingerprint density at radius 3 is 2.41 bits per heavy atom. The fourth-order valence-electron chi connectivity index (χ4n) is 2.04. The van der Waals surface area contributed by atoms with Gasteiger partial charge in [-0.05, 0) is 30.0 Å². The van der Waals surface area contributed by atoms with E-state index >= 15 is 0 Å². The summed E-state index contributed by atoms with van der Waals surface area (Å²) in [7, 11) is 0. The van der Waals surface area contributed by atoms with Crippen molar-refractivity contribution in [1.82, 2.24) is 0 Å². The van der Waals surface area contributed by atoms with Crippen LogP contribution >= 0.6 is 0 Å². The van der Waals surface area contributed by atoms with E-state index in [1.807, 2.05) is 19.1 Å². The van der Waals surface area contributed by atoms with Gasteiger partial charge in [0.25, 0.3) is 0 Å². The van der Waals surface area contributed by atoms with E-state index in [0.29, 0.717) is 6.42 Å². The highest BCUT2D eigenvalue weighted by atomic mass is 16.1. The van der Waals surface area contributed by atoms with Crippen molar-refractivity contribution in [2.75, 3.05) is 5.32 Å². The van der Waals surface area contributed by atoms with Crippen molar-refractivity contribution >= 4 is 11.6 Å². The lowest BCUT2D eigenvalue weighted by molar-refractivity contribution is -0.115. The molecule has 0 heterocycles. The van der Waals surface area contributed by atoms with Crippen LogP contribution in [0.5, 0.6) is 0 Å². The number of amides is 1. The molecule has 1 aromatic rings. The van der Waals surface area contributed by atoms with E-state index < -0.39 is 0 Å². The van der Waals surface area contributed by atoms with Crippen LogP contribution in [0, 0.1) is 0 Å². The number of rotatable bonds is 6. The fourth-order valence-corrected chi connectivity index (χ4v) is 2.04. The third-order valence-electron chi connectivity index (χ3n) is 2.89. The zero-order valence-electron chi connectivity index (χ0n) is 11.2. The van der Waals surface area contributed by atoms with E-state index in [4.69, 9.17) is 0 Å². The van der Waals surface area contributed by atoms with Crippen molar-refractivity contribution in [1.29, 1.82) is 0 Å². The van der Waals surface area contributed by atoms with Gasteiger partial charge < -0.3 is 5.32 Å². The van der Waals surface area contributed by atoms with Crippen LogP contribution in [0.2, 0.25) is 0 Å². The summed E-state index contributed by atoms with van der Waals surface area (Å²) >= 11 is 0. The lowest BCUT2D eigenvalue weighted by atomic mass is 9.97. The maximum Gasteiger partial charge on any atom is 0.224 e. The Labute approximate surface area is 104 Å². The smallest absolute Gasteiger partial charge is 0.224 e. The second kappa shape index (κ2) is 7.10. The van der Waals surface area contributed by atoms with Crippen molar-refractivity contribution in [3.05, 3.63) is 29.3 Å². The monoisotopic (exact) mass is 233 g/mol. The van der Waals surface area contributed by atoms with E-state index in [1.54, 1.807) is 0 Å². The van der Waals surface area contributed by atoms with E-state index in [9.17, 15) is 4.79 Å². The minimum Gasteiger partial charge on any atom is -0.326 e. The van der Waals surface area contributed by atoms with Crippen molar-refractivity contribution in [3.63, 3.8) is 0 Å². The van der Waals surface area contributed by atoms with Gasteiger partial charge in [-0.1, -0.05) is 45.7 Å². The SMILES string of the molecule is CCCc1cccc(NC(=O)CC)c1CCC. The fraction of sp³-hybridized carbons (Fsp3) is 0.533. The van der Waals surface area contributed by atoms with Crippen LogP contribution in [0.25, 0.3) is 0 Å². The second-order valence-electron chi connectivity index (χ2n) is 4.34. The highest BCUT2D eigenvalue weighted by Gasteiger charge is 2.08. The maximum atomic E-state index is 11.5. The average Bonchev–Trinajstić information content (AvgIpc) is 2.33. The minimum absolute atomic E-state index is 0.0935. The molecule has 17 heavy (non-hydrogen) atoms. The van der Waals surface area contributed by atoms with Gasteiger partial charge in [-0.3, -0.25) is 4.79 Å². The molecule has 0 bridgehead atoms. The Balaban J connectivity index is 3.01. The molecule has 0 saturated carbocycles. The molecule has 0 aliphatic carbocycles. The summed E-state index contributed by atoms with van der Waals surface area (Å²) in [6, 6.07) is 6.23. The molecule has 0 atom stereocenters. The summed E-state index contributed by atoms with van der Waals surface area (Å²) in [5.74, 6) is 0.0935. The van der Waals surface area contributed by atoms with Crippen LogP contribution in [0.15, 0.2) is 18.2 Å². The van der Waals surface area contributed by atoms with Crippen molar-refractivity contribution in [3.8, 4) is 0 Å². The number of hydrogen-bond acceptors (Lipinski definition) is 1. The molecule has 0 unspecified atom stereocenters. The first-order chi connectivity index (χ1) is 8.22. The zero-order valence-corrected chi connectivity index (χ0v) is 11.2. The highest BCUT2D eigenvalue weighted by molar-refractivity contribution is 5.91. The Kier molecular flexibility index (Phi) is 5.75. The molecular weight excluding hydrogens is 210 g/mol. The van der Waals surface area contributed by atoms with E-state index in [-0.39, 0.29) is 5.91 Å². The van der Waals surface area contributed by atoms with Crippen LogP contribution < -0.4 is 5.32 Å². The average molecular weight is 233 g/mol. The molecule has 0 aliphatic heterocycles. The molecule has 0 aromatic heterocycles. The van der Waals surface area contributed by atoms with Crippen molar-refractivity contribution in [2.24, 2.45) is 0 Å². The molecule has 0 saturated heterocycles. The standard InChI is InChI=1S/C15H23NO/c1-4-8-12-10-7-11-14(13(12)9-5-2)16-15(17)6-3/h7,10-11H,4-6,8-9H2,1-3H3,(H,16,17). The lowest BCUT2D eigenvalue weighted by Gasteiger charge is -2.14. The Morgan fingerprint density at radius 1 is 1.12 bits per heavy atom. The number of anilines is 1. The number of benzene rings is 1. The van der Waals surface area contributed by atoms with Gasteiger partial charge in [-0.15, -0.1) is 0 Å². The molecular formula is C15H23NO. The number of carbonyl (C=O) groups excluding carboxylic acids is 1. The molecule has 1 N–H and O–H groups in total. The summed E-state index contributed by atoms with van der Waals surface area (Å²) in [6.07, 6.45) is 4.90. The normalized spacial score (nSPS) is 10.3. The van der Waals surface area contributed by atoms with Crippen LogP contribution in [0.4, 0.5) is 5.69 Å². The van der Waals surface area contributed by atoms with Gasteiger partial charge in [0.1, 0.15) is 0 Å². The first-order valence-corrected chi connectivity index (χ1v) is 6.63. The summed E-state index contributed by atoms with van der Waals surface area (Å²) in [5.41, 5.74) is 3.70. The second-order valence-corrected chi connectivity index (χ2v) is 4.34. The Bertz CT molecular complexity index is 371. The molecule has 0 fully saturated rings. The molecule has 2 nitrogen and oxygen atoms in total. The number of hydrogen-bond donors (Lipinski definition) is 1. The van der Waals surface area contributed by atoms with Crippen LogP contribution in [0.3, 0.4) is 0 Å². The van der Waals surface area contributed by atoms with Gasteiger partial charge in [0.15, 0.2) is 0 Å². The Morgan fingerprint density at radius 2 is 1.82 bits per heavy atom. The minimum atomic E-state index is 0.0935. The molecule has 2 heteroatoms. The number of aryl methyl sites for hydroxylation is 1. The summed E-state index contributed by atoms with van der Waals surface area (Å²) in [5, 5.41) is 3.00. The summed E-state index contributed by atoms with van der Waals surface area (Å²) < 4.78 is 0. The van der Waals surface area contributed by atoms with Crippen molar-refractivity contribution in [2.45, 2.75) is 52.9 Å². The lowest BCUT2D eigenvalue weighted by Crippen LogP contribution is -2.12. The van der Waals surface area contributed by atoms with Gasteiger partial charge in [0.2, 0.25) is 5.91 Å². The molecule has 0 spiro atoms. The topological polar surface area (TPSA) is 29.1 Å². The van der Waals surface area contributed by atoms with Gasteiger partial charge in [0, 0.05) is 12.1 Å². The van der Waals surface area contributed by atoms with Gasteiger partial charge >= 0.3 is 0 Å². The van der Waals surface area contributed by atoms with Gasteiger partial charge in [0.05, 0.1) is 0 Å². The molecule has 1 aromatic carbocycles. The van der Waals surface area contributed by atoms with E-state index in [0.717, 1.165) is 31.4 Å². The largest absolute Gasteiger partial charge is 0.326 e. The molecule has 1 rings (SSSR count). The van der Waals surface area contributed by atoms with Crippen molar-refractivity contribution < 1.29 is 4.79 Å². The molecule has 94 valence electrons. The van der Waals surface area contributed by atoms with Crippen LogP contribution in [-0.4, -0.2) is 5.91 Å². The molecule has 1 amide bonds. The summed E-state index contributed by atoms with van der Waals surface area (Å²) in [4.78, 5) is 11.5. The maximum absolute atomic E-state index is 11.5. The van der Waals surface area contributed by atoms with Gasteiger partial charge in [-0.2, -0.15) is 0 Å². The zero-order chi connectivity index (χ0) is 12.7. The van der Waals surface area contributed by atoms with Crippen LogP contribution in [0.1, 0.15) is 51.2 Å². The van der Waals surface area contributed by atoms with E-state index in [2.05, 4.69) is 25.2 Å². The van der Waals surface area contributed by atoms with Gasteiger partial charge in [-0.25, -0.2) is 0 Å². The first kappa shape index (κ1) is 13.8.